The summed E-state index contributed by atoms with van der Waals surface area (Å²) in [6.07, 6.45) is 3.28. The lowest BCUT2D eigenvalue weighted by molar-refractivity contribution is -0.146. The number of guanidine groups is 1. The van der Waals surface area contributed by atoms with Gasteiger partial charge in [-0.3, -0.25) is 4.79 Å². The first-order chi connectivity index (χ1) is 13.6. The van der Waals surface area contributed by atoms with E-state index < -0.39 is 0 Å². The zero-order chi connectivity index (χ0) is 19.9. The molecule has 0 aliphatic carbocycles. The van der Waals surface area contributed by atoms with E-state index in [1.54, 1.807) is 6.20 Å². The number of oxazole rings is 1. The van der Waals surface area contributed by atoms with E-state index >= 15 is 0 Å². The summed E-state index contributed by atoms with van der Waals surface area (Å²) in [5, 5.41) is 3.32. The molecule has 0 spiro atoms. The van der Waals surface area contributed by atoms with Crippen LogP contribution < -0.4 is 5.32 Å². The number of rotatable bonds is 5. The predicted octanol–water partition coefficient (Wildman–Crippen LogP) is 3.62. The molecular formula is C21H29IN4O3. The van der Waals surface area contributed by atoms with Gasteiger partial charge in [-0.15, -0.1) is 24.0 Å². The molecule has 8 heteroatoms. The van der Waals surface area contributed by atoms with E-state index in [2.05, 4.69) is 39.2 Å². The van der Waals surface area contributed by atoms with Gasteiger partial charge < -0.3 is 19.4 Å². The summed E-state index contributed by atoms with van der Waals surface area (Å²) in [4.78, 5) is 22.9. The predicted molar refractivity (Wildman–Crippen MR) is 123 cm³/mol. The lowest BCUT2D eigenvalue weighted by atomic mass is 9.97. The standard InChI is InChI=1S/C21H28N4O3.HI/c1-4-22-21(25-11-9-17(10-12-25)20(26)27-3)24-14-19-23-13-18(28-19)16-7-5-15(2)6-8-16;/h5-8,13,17H,4,9-12,14H2,1-3H3,(H,22,24);1H. The fourth-order valence-electron chi connectivity index (χ4n) is 3.30. The van der Waals surface area contributed by atoms with Crippen molar-refractivity contribution in [2.75, 3.05) is 26.7 Å². The van der Waals surface area contributed by atoms with Crippen LogP contribution in [0.15, 0.2) is 39.9 Å². The van der Waals surface area contributed by atoms with Gasteiger partial charge in [0.05, 0.1) is 19.2 Å². The Morgan fingerprint density at radius 3 is 2.62 bits per heavy atom. The molecule has 1 fully saturated rings. The number of ether oxygens (including phenoxy) is 1. The number of hydrogen-bond donors (Lipinski definition) is 1. The summed E-state index contributed by atoms with van der Waals surface area (Å²) in [6, 6.07) is 8.16. The van der Waals surface area contributed by atoms with E-state index in [0.29, 0.717) is 12.4 Å². The van der Waals surface area contributed by atoms with Crippen molar-refractivity contribution >= 4 is 35.9 Å². The number of aryl methyl sites for hydroxylation is 1. The number of benzene rings is 1. The van der Waals surface area contributed by atoms with Crippen LogP contribution in [0.25, 0.3) is 11.3 Å². The Morgan fingerprint density at radius 2 is 2.00 bits per heavy atom. The normalized spacial score (nSPS) is 15.0. The third-order valence-corrected chi connectivity index (χ3v) is 4.92. The average molecular weight is 512 g/mol. The lowest BCUT2D eigenvalue weighted by Crippen LogP contribution is -2.46. The van der Waals surface area contributed by atoms with Crippen LogP contribution in [0.3, 0.4) is 0 Å². The van der Waals surface area contributed by atoms with Crippen molar-refractivity contribution in [3.8, 4) is 11.3 Å². The molecule has 1 saturated heterocycles. The topological polar surface area (TPSA) is 80.0 Å². The van der Waals surface area contributed by atoms with Gasteiger partial charge in [-0.2, -0.15) is 0 Å². The zero-order valence-corrected chi connectivity index (χ0v) is 19.5. The molecular weight excluding hydrogens is 483 g/mol. The molecule has 0 atom stereocenters. The minimum atomic E-state index is -0.120. The maximum absolute atomic E-state index is 11.7. The van der Waals surface area contributed by atoms with Crippen molar-refractivity contribution in [1.82, 2.24) is 15.2 Å². The minimum absolute atomic E-state index is 0. The summed E-state index contributed by atoms with van der Waals surface area (Å²) in [6.45, 7) is 6.77. The Hall–Kier alpha value is -2.10. The first-order valence-corrected chi connectivity index (χ1v) is 9.73. The van der Waals surface area contributed by atoms with Gasteiger partial charge in [-0.05, 0) is 26.7 Å². The smallest absolute Gasteiger partial charge is 0.308 e. The fourth-order valence-corrected chi connectivity index (χ4v) is 3.30. The number of carbonyl (C=O) groups is 1. The van der Waals surface area contributed by atoms with Gasteiger partial charge in [-0.1, -0.05) is 29.8 Å². The molecule has 1 aliphatic rings. The SMILES string of the molecule is CCNC(=NCc1ncc(-c2ccc(C)cc2)o1)N1CCC(C(=O)OC)CC1.I. The molecule has 1 N–H and O–H groups in total. The molecule has 0 saturated carbocycles. The summed E-state index contributed by atoms with van der Waals surface area (Å²) in [5.41, 5.74) is 2.21. The van der Waals surface area contributed by atoms with Gasteiger partial charge in [0.25, 0.3) is 0 Å². The van der Waals surface area contributed by atoms with Crippen LogP contribution in [0.5, 0.6) is 0 Å². The number of aliphatic imine (C=N–C) groups is 1. The third-order valence-electron chi connectivity index (χ3n) is 4.92. The first kappa shape index (κ1) is 23.2. The van der Waals surface area contributed by atoms with Gasteiger partial charge in [0.2, 0.25) is 5.89 Å². The van der Waals surface area contributed by atoms with Crippen molar-refractivity contribution in [3.63, 3.8) is 0 Å². The van der Waals surface area contributed by atoms with Crippen LogP contribution in [-0.2, 0) is 16.1 Å². The molecule has 0 amide bonds. The minimum Gasteiger partial charge on any atom is -0.469 e. The van der Waals surface area contributed by atoms with Gasteiger partial charge >= 0.3 is 5.97 Å². The van der Waals surface area contributed by atoms with Gasteiger partial charge in [0, 0.05) is 25.2 Å². The van der Waals surface area contributed by atoms with Gasteiger partial charge in [0.15, 0.2) is 11.7 Å². The molecule has 29 heavy (non-hydrogen) atoms. The van der Waals surface area contributed by atoms with Crippen LogP contribution >= 0.6 is 24.0 Å². The van der Waals surface area contributed by atoms with Gasteiger partial charge in [-0.25, -0.2) is 9.98 Å². The summed E-state index contributed by atoms with van der Waals surface area (Å²) >= 11 is 0. The Bertz CT molecular complexity index is 812. The highest BCUT2D eigenvalue weighted by atomic mass is 127. The number of likely N-dealkylation sites (tertiary alicyclic amines) is 1. The van der Waals surface area contributed by atoms with E-state index in [1.807, 2.05) is 19.1 Å². The molecule has 7 nitrogen and oxygen atoms in total. The van der Waals surface area contributed by atoms with Crippen LogP contribution in [-0.4, -0.2) is 48.6 Å². The first-order valence-electron chi connectivity index (χ1n) is 9.73. The second kappa shape index (κ2) is 11.2. The van der Waals surface area contributed by atoms with E-state index in [1.165, 1.54) is 12.7 Å². The number of nitrogens with zero attached hydrogens (tertiary/aromatic N) is 3. The quantitative estimate of drug-likeness (QED) is 0.286. The monoisotopic (exact) mass is 512 g/mol. The van der Waals surface area contributed by atoms with Crippen molar-refractivity contribution < 1.29 is 13.9 Å². The Labute approximate surface area is 188 Å². The van der Waals surface area contributed by atoms with Crippen LogP contribution in [0.4, 0.5) is 0 Å². The number of piperidine rings is 1. The molecule has 0 radical (unpaired) electrons. The van der Waals surface area contributed by atoms with E-state index in [4.69, 9.17) is 9.15 Å². The maximum Gasteiger partial charge on any atom is 0.308 e. The molecule has 1 aromatic carbocycles. The highest BCUT2D eigenvalue weighted by Gasteiger charge is 2.27. The molecule has 1 aliphatic heterocycles. The molecule has 1 aromatic heterocycles. The zero-order valence-electron chi connectivity index (χ0n) is 17.2. The van der Waals surface area contributed by atoms with Crippen molar-refractivity contribution in [3.05, 3.63) is 41.9 Å². The van der Waals surface area contributed by atoms with Crippen molar-refractivity contribution in [2.24, 2.45) is 10.9 Å². The second-order valence-corrected chi connectivity index (χ2v) is 6.94. The maximum atomic E-state index is 11.7. The van der Waals surface area contributed by atoms with Crippen LogP contribution in [0, 0.1) is 12.8 Å². The average Bonchev–Trinajstić information content (AvgIpc) is 3.20. The largest absolute Gasteiger partial charge is 0.469 e. The fraction of sp³-hybridized carbons (Fsp3) is 0.476. The molecule has 2 heterocycles. The number of nitrogens with one attached hydrogen (secondary N) is 1. The Kier molecular flexibility index (Phi) is 8.94. The number of halogens is 1. The van der Waals surface area contributed by atoms with Crippen molar-refractivity contribution in [2.45, 2.75) is 33.2 Å². The molecule has 0 unspecified atom stereocenters. The number of esters is 1. The molecule has 158 valence electrons. The highest BCUT2D eigenvalue weighted by Crippen LogP contribution is 2.22. The summed E-state index contributed by atoms with van der Waals surface area (Å²) in [5.74, 6) is 2.00. The molecule has 3 rings (SSSR count). The van der Waals surface area contributed by atoms with Crippen LogP contribution in [0.2, 0.25) is 0 Å². The Morgan fingerprint density at radius 1 is 1.31 bits per heavy atom. The Balaban J connectivity index is 0.00000300. The van der Waals surface area contributed by atoms with Gasteiger partial charge in [0.1, 0.15) is 6.54 Å². The summed E-state index contributed by atoms with van der Waals surface area (Å²) < 4.78 is 10.7. The number of carbonyl (C=O) groups excluding carboxylic acids is 1. The van der Waals surface area contributed by atoms with E-state index in [-0.39, 0.29) is 35.9 Å². The number of hydrogen-bond acceptors (Lipinski definition) is 5. The third kappa shape index (κ3) is 6.19. The number of aromatic nitrogens is 1. The van der Waals surface area contributed by atoms with Crippen LogP contribution in [0.1, 0.15) is 31.2 Å². The molecule has 2 aromatic rings. The van der Waals surface area contributed by atoms with Crippen molar-refractivity contribution in [1.29, 1.82) is 0 Å². The highest BCUT2D eigenvalue weighted by molar-refractivity contribution is 14.0. The lowest BCUT2D eigenvalue weighted by Gasteiger charge is -2.33. The number of methoxy groups -OCH3 is 1. The second-order valence-electron chi connectivity index (χ2n) is 6.94. The van der Waals surface area contributed by atoms with E-state index in [9.17, 15) is 4.79 Å². The van der Waals surface area contributed by atoms with E-state index in [0.717, 1.165) is 49.8 Å². The molecule has 0 bridgehead atoms. The summed E-state index contributed by atoms with van der Waals surface area (Å²) in [7, 11) is 1.45.